The molecule has 0 aliphatic rings. The van der Waals surface area contributed by atoms with E-state index < -0.39 is 5.66 Å². The lowest BCUT2D eigenvalue weighted by Gasteiger charge is -2.21. The maximum atomic E-state index is 5.87. The average Bonchev–Trinajstić information content (AvgIpc) is 2.58. The second kappa shape index (κ2) is 4.38. The minimum absolute atomic E-state index is 0.488. The van der Waals surface area contributed by atoms with E-state index in [-0.39, 0.29) is 0 Å². The first-order valence-electron chi connectivity index (χ1n) is 5.76. The summed E-state index contributed by atoms with van der Waals surface area (Å²) in [5, 5.41) is 11.1. The van der Waals surface area contributed by atoms with Crippen LogP contribution in [-0.2, 0) is 7.05 Å². The molecule has 0 unspecified atom stereocenters. The highest BCUT2D eigenvalue weighted by atomic mass is 15.4. The summed E-state index contributed by atoms with van der Waals surface area (Å²) in [4.78, 5) is 4.34. The molecule has 18 heavy (non-hydrogen) atoms. The van der Waals surface area contributed by atoms with Crippen LogP contribution in [0.25, 0.3) is 11.3 Å². The summed E-state index contributed by atoms with van der Waals surface area (Å²) in [6.45, 7) is 5.70. The summed E-state index contributed by atoms with van der Waals surface area (Å²) < 4.78 is 1.74. The Morgan fingerprint density at radius 1 is 1.33 bits per heavy atom. The van der Waals surface area contributed by atoms with Crippen LogP contribution in [0.1, 0.15) is 19.5 Å². The average molecular weight is 246 g/mol. The fourth-order valence-corrected chi connectivity index (χ4v) is 1.79. The lowest BCUT2D eigenvalue weighted by atomic mass is 10.1. The summed E-state index contributed by atoms with van der Waals surface area (Å²) in [7, 11) is 1.87. The minimum Gasteiger partial charge on any atom is -0.353 e. The smallest absolute Gasteiger partial charge is 0.127 e. The van der Waals surface area contributed by atoms with Crippen LogP contribution >= 0.6 is 0 Å². The first-order valence-corrected chi connectivity index (χ1v) is 5.76. The second-order valence-corrected chi connectivity index (χ2v) is 4.93. The summed E-state index contributed by atoms with van der Waals surface area (Å²) in [6, 6.07) is 3.88. The van der Waals surface area contributed by atoms with Crippen molar-refractivity contribution < 1.29 is 0 Å². The molecule has 2 aromatic heterocycles. The minimum atomic E-state index is -0.488. The molecule has 0 aliphatic heterocycles. The third kappa shape index (κ3) is 2.65. The zero-order valence-corrected chi connectivity index (χ0v) is 11.1. The number of anilines is 1. The molecule has 0 atom stereocenters. The molecule has 6 nitrogen and oxygen atoms in total. The summed E-state index contributed by atoms with van der Waals surface area (Å²) in [5.74, 6) is 0.749. The molecule has 2 rings (SSSR count). The predicted octanol–water partition coefficient (Wildman–Crippen LogP) is 1.29. The SMILES string of the molecule is Cc1nnn(C)c1-c1ccc(NC(C)(C)N)nc1. The first kappa shape index (κ1) is 12.5. The lowest BCUT2D eigenvalue weighted by Crippen LogP contribution is -2.41. The molecule has 0 fully saturated rings. The van der Waals surface area contributed by atoms with E-state index in [0.717, 1.165) is 22.8 Å². The van der Waals surface area contributed by atoms with Gasteiger partial charge in [0.25, 0.3) is 0 Å². The van der Waals surface area contributed by atoms with Crippen molar-refractivity contribution in [1.82, 2.24) is 20.0 Å². The molecule has 96 valence electrons. The highest BCUT2D eigenvalue weighted by molar-refractivity contribution is 5.62. The van der Waals surface area contributed by atoms with Crippen molar-refractivity contribution in [2.75, 3.05) is 5.32 Å². The third-order valence-electron chi connectivity index (χ3n) is 2.48. The number of nitrogens with zero attached hydrogens (tertiary/aromatic N) is 4. The Labute approximate surface area is 106 Å². The van der Waals surface area contributed by atoms with Crippen LogP contribution in [0.2, 0.25) is 0 Å². The predicted molar refractivity (Wildman–Crippen MR) is 70.9 cm³/mol. The van der Waals surface area contributed by atoms with E-state index in [1.807, 2.05) is 40.0 Å². The highest BCUT2D eigenvalue weighted by Gasteiger charge is 2.12. The number of hydrogen-bond donors (Lipinski definition) is 2. The van der Waals surface area contributed by atoms with Gasteiger partial charge in [0, 0.05) is 18.8 Å². The molecule has 2 heterocycles. The summed E-state index contributed by atoms with van der Waals surface area (Å²) >= 11 is 0. The Hall–Kier alpha value is -1.95. The Morgan fingerprint density at radius 3 is 2.50 bits per heavy atom. The number of aromatic nitrogens is 4. The Balaban J connectivity index is 2.28. The lowest BCUT2D eigenvalue weighted by molar-refractivity contribution is 0.595. The molecule has 0 saturated carbocycles. The Morgan fingerprint density at radius 2 is 2.06 bits per heavy atom. The van der Waals surface area contributed by atoms with Crippen molar-refractivity contribution in [3.8, 4) is 11.3 Å². The van der Waals surface area contributed by atoms with E-state index in [2.05, 4.69) is 20.6 Å². The van der Waals surface area contributed by atoms with Crippen LogP contribution in [-0.4, -0.2) is 25.6 Å². The zero-order valence-electron chi connectivity index (χ0n) is 11.1. The van der Waals surface area contributed by atoms with Gasteiger partial charge in [-0.15, -0.1) is 5.10 Å². The van der Waals surface area contributed by atoms with Crippen LogP contribution in [0, 0.1) is 6.92 Å². The quantitative estimate of drug-likeness (QED) is 0.798. The van der Waals surface area contributed by atoms with Crippen LogP contribution in [0.15, 0.2) is 18.3 Å². The molecule has 0 aromatic carbocycles. The second-order valence-electron chi connectivity index (χ2n) is 4.93. The van der Waals surface area contributed by atoms with Crippen LogP contribution in [0.5, 0.6) is 0 Å². The fourth-order valence-electron chi connectivity index (χ4n) is 1.79. The van der Waals surface area contributed by atoms with Crippen molar-refractivity contribution in [3.63, 3.8) is 0 Å². The first-order chi connectivity index (χ1) is 8.37. The standard InChI is InChI=1S/C12H18N6/c1-8-11(18(4)17-16-8)9-5-6-10(14-7-9)15-12(2,3)13/h5-7H,13H2,1-4H3,(H,14,15). The van der Waals surface area contributed by atoms with Crippen LogP contribution in [0.4, 0.5) is 5.82 Å². The number of nitrogens with one attached hydrogen (secondary N) is 1. The third-order valence-corrected chi connectivity index (χ3v) is 2.48. The van der Waals surface area contributed by atoms with Gasteiger partial charge in [-0.2, -0.15) is 0 Å². The number of rotatable bonds is 3. The van der Waals surface area contributed by atoms with Crippen LogP contribution in [0.3, 0.4) is 0 Å². The van der Waals surface area contributed by atoms with E-state index in [9.17, 15) is 0 Å². The van der Waals surface area contributed by atoms with E-state index in [1.165, 1.54) is 0 Å². The van der Waals surface area contributed by atoms with Gasteiger partial charge < -0.3 is 11.1 Å². The molecule has 2 aromatic rings. The van der Waals surface area contributed by atoms with Gasteiger partial charge in [-0.3, -0.25) is 0 Å². The van der Waals surface area contributed by atoms with Crippen molar-refractivity contribution in [1.29, 1.82) is 0 Å². The number of nitrogens with two attached hydrogens (primary N) is 1. The normalized spacial score (nSPS) is 11.6. The van der Waals surface area contributed by atoms with Gasteiger partial charge in [-0.05, 0) is 32.9 Å². The van der Waals surface area contributed by atoms with Crippen molar-refractivity contribution >= 4 is 5.82 Å². The van der Waals surface area contributed by atoms with E-state index >= 15 is 0 Å². The van der Waals surface area contributed by atoms with E-state index in [0.29, 0.717) is 0 Å². The van der Waals surface area contributed by atoms with Gasteiger partial charge in [0.2, 0.25) is 0 Å². The van der Waals surface area contributed by atoms with Gasteiger partial charge in [0.1, 0.15) is 5.82 Å². The zero-order chi connectivity index (χ0) is 13.3. The highest BCUT2D eigenvalue weighted by Crippen LogP contribution is 2.21. The van der Waals surface area contributed by atoms with Gasteiger partial charge in [-0.25, -0.2) is 9.67 Å². The van der Waals surface area contributed by atoms with Crippen molar-refractivity contribution in [3.05, 3.63) is 24.0 Å². The van der Waals surface area contributed by atoms with E-state index in [1.54, 1.807) is 10.9 Å². The monoisotopic (exact) mass is 246 g/mol. The van der Waals surface area contributed by atoms with Gasteiger partial charge in [0.15, 0.2) is 0 Å². The van der Waals surface area contributed by atoms with Gasteiger partial charge in [0.05, 0.1) is 17.1 Å². The summed E-state index contributed by atoms with van der Waals surface area (Å²) in [6.07, 6.45) is 1.79. The molecular weight excluding hydrogens is 228 g/mol. The fraction of sp³-hybridized carbons (Fsp3) is 0.417. The van der Waals surface area contributed by atoms with Crippen molar-refractivity contribution in [2.24, 2.45) is 12.8 Å². The largest absolute Gasteiger partial charge is 0.353 e. The maximum absolute atomic E-state index is 5.87. The van der Waals surface area contributed by atoms with Gasteiger partial charge in [-0.1, -0.05) is 5.21 Å². The molecule has 0 aliphatic carbocycles. The Kier molecular flexibility index (Phi) is 3.04. The van der Waals surface area contributed by atoms with Crippen LogP contribution < -0.4 is 11.1 Å². The van der Waals surface area contributed by atoms with E-state index in [4.69, 9.17) is 5.73 Å². The number of hydrogen-bond acceptors (Lipinski definition) is 5. The maximum Gasteiger partial charge on any atom is 0.127 e. The topological polar surface area (TPSA) is 81.7 Å². The molecule has 6 heteroatoms. The van der Waals surface area contributed by atoms with Crippen molar-refractivity contribution in [2.45, 2.75) is 26.4 Å². The Bertz CT molecular complexity index is 515. The number of aryl methyl sites for hydroxylation is 2. The molecule has 0 radical (unpaired) electrons. The molecule has 0 amide bonds. The molecule has 0 bridgehead atoms. The number of pyridine rings is 1. The summed E-state index contributed by atoms with van der Waals surface area (Å²) in [5.41, 5.74) is 8.23. The molecular formula is C12H18N6. The van der Waals surface area contributed by atoms with Gasteiger partial charge >= 0.3 is 0 Å². The molecule has 0 saturated heterocycles. The molecule has 0 spiro atoms. The molecule has 3 N–H and O–H groups in total.